The number of hydrogen-bond acceptors (Lipinski definition) is 9. The van der Waals surface area contributed by atoms with Crippen LogP contribution in [0.1, 0.15) is 0 Å². The zero-order valence-electron chi connectivity index (χ0n) is 10.8. The summed E-state index contributed by atoms with van der Waals surface area (Å²) in [4.78, 5) is 21.2. The highest BCUT2D eigenvalue weighted by molar-refractivity contribution is 5.93. The molecule has 10 nitrogen and oxygen atoms in total. The van der Waals surface area contributed by atoms with Gasteiger partial charge in [-0.15, -0.1) is 0 Å². The number of ether oxygens (including phenoxy) is 1. The van der Waals surface area contributed by atoms with Crippen LogP contribution in [0.3, 0.4) is 0 Å². The maximum absolute atomic E-state index is 10.9. The molecule has 0 atom stereocenters. The first-order valence-electron chi connectivity index (χ1n) is 5.75. The van der Waals surface area contributed by atoms with E-state index in [2.05, 4.69) is 21.5 Å². The van der Waals surface area contributed by atoms with Crippen molar-refractivity contribution in [2.45, 2.75) is 0 Å². The molecule has 0 aliphatic rings. The van der Waals surface area contributed by atoms with Crippen molar-refractivity contribution in [1.29, 1.82) is 0 Å². The Labute approximate surface area is 117 Å². The normalized spacial score (nSPS) is 10.3. The molecule has 0 aliphatic heterocycles. The molecule has 0 amide bonds. The number of esters is 1. The number of aromatic nitrogens is 2. The highest BCUT2D eigenvalue weighted by Gasteiger charge is 2.21. The van der Waals surface area contributed by atoms with Crippen molar-refractivity contribution in [2.75, 3.05) is 18.2 Å². The molecule has 1 aromatic carbocycles. The van der Waals surface area contributed by atoms with Gasteiger partial charge in [0.25, 0.3) is 0 Å². The van der Waals surface area contributed by atoms with Crippen LogP contribution in [0.5, 0.6) is 0 Å². The van der Waals surface area contributed by atoms with Gasteiger partial charge in [0.05, 0.1) is 17.2 Å². The van der Waals surface area contributed by atoms with Crippen LogP contribution in [0.25, 0.3) is 11.0 Å². The lowest BCUT2D eigenvalue weighted by Gasteiger charge is -2.17. The van der Waals surface area contributed by atoms with Crippen LogP contribution in [-0.4, -0.2) is 34.4 Å². The lowest BCUT2D eigenvalue weighted by Crippen LogP contribution is -2.34. The second kappa shape index (κ2) is 5.96. The monoisotopic (exact) mass is 293 g/mol. The van der Waals surface area contributed by atoms with Gasteiger partial charge in [-0.05, 0) is 16.4 Å². The van der Waals surface area contributed by atoms with Crippen molar-refractivity contribution in [2.24, 2.45) is 5.84 Å². The van der Waals surface area contributed by atoms with Crippen molar-refractivity contribution in [3.8, 4) is 0 Å². The summed E-state index contributed by atoms with van der Waals surface area (Å²) >= 11 is 0. The zero-order valence-corrected chi connectivity index (χ0v) is 10.8. The van der Waals surface area contributed by atoms with Gasteiger partial charge in [-0.2, -0.15) is 0 Å². The number of rotatable bonds is 6. The Morgan fingerprint density at radius 3 is 2.90 bits per heavy atom. The quantitative estimate of drug-likeness (QED) is 0.266. The maximum Gasteiger partial charge on any atom is 0.330 e. The summed E-state index contributed by atoms with van der Waals surface area (Å²) in [6.45, 7) is 3.43. The minimum Gasteiger partial charge on any atom is -0.461 e. The maximum atomic E-state index is 10.9. The highest BCUT2D eigenvalue weighted by atomic mass is 16.6. The van der Waals surface area contributed by atoms with E-state index in [4.69, 9.17) is 10.6 Å². The van der Waals surface area contributed by atoms with Crippen molar-refractivity contribution in [3.63, 3.8) is 0 Å². The number of carbonyl (C=O) groups excluding carboxylic acids is 1. The fraction of sp³-hybridized carbons (Fsp3) is 0.182. The van der Waals surface area contributed by atoms with Gasteiger partial charge in [0.1, 0.15) is 6.61 Å². The molecule has 0 aliphatic carbocycles. The molecule has 0 spiro atoms. The van der Waals surface area contributed by atoms with E-state index < -0.39 is 10.9 Å². The predicted molar refractivity (Wildman–Crippen MR) is 71.1 cm³/mol. The van der Waals surface area contributed by atoms with Crippen LogP contribution in [0.4, 0.5) is 11.4 Å². The summed E-state index contributed by atoms with van der Waals surface area (Å²) in [7, 11) is 0. The summed E-state index contributed by atoms with van der Waals surface area (Å²) in [5, 5.41) is 19.2. The van der Waals surface area contributed by atoms with Crippen LogP contribution in [0, 0.1) is 10.1 Å². The van der Waals surface area contributed by atoms with Gasteiger partial charge >= 0.3 is 11.7 Å². The minimum atomic E-state index is -0.594. The van der Waals surface area contributed by atoms with Gasteiger partial charge in [0.15, 0.2) is 5.52 Å². The predicted octanol–water partition coefficient (Wildman–Crippen LogP) is 0.540. The van der Waals surface area contributed by atoms with Crippen LogP contribution in [-0.2, 0) is 9.53 Å². The van der Waals surface area contributed by atoms with Crippen molar-refractivity contribution < 1.29 is 19.1 Å². The number of nitro benzene ring substituents is 1. The number of carbonyl (C=O) groups is 1. The summed E-state index contributed by atoms with van der Waals surface area (Å²) in [5.74, 6) is 5.24. The standard InChI is InChI=1S/C11H11N5O5/c1-2-9(17)20-6-5-15(12)7-3-4-8(16(18)19)11-10(7)13-21-14-11/h2-4H,1,5-6,12H2. The fourth-order valence-corrected chi connectivity index (χ4v) is 1.64. The van der Waals surface area contributed by atoms with Crippen LogP contribution < -0.4 is 10.9 Å². The van der Waals surface area contributed by atoms with E-state index in [-0.39, 0.29) is 29.9 Å². The number of nitro groups is 1. The number of anilines is 1. The number of fused-ring (bicyclic) bond motifs is 1. The third kappa shape index (κ3) is 2.95. The lowest BCUT2D eigenvalue weighted by molar-refractivity contribution is -0.383. The first kappa shape index (κ1) is 14.4. The number of nitrogens with two attached hydrogens (primary N) is 1. The number of non-ortho nitro benzene ring substituents is 1. The van der Waals surface area contributed by atoms with E-state index in [1.165, 1.54) is 17.1 Å². The number of nitrogens with zero attached hydrogens (tertiary/aromatic N) is 4. The Morgan fingerprint density at radius 2 is 2.24 bits per heavy atom. The fourth-order valence-electron chi connectivity index (χ4n) is 1.64. The molecule has 0 saturated heterocycles. The van der Waals surface area contributed by atoms with E-state index in [9.17, 15) is 14.9 Å². The summed E-state index contributed by atoms with van der Waals surface area (Å²) in [6.07, 6.45) is 1.03. The SMILES string of the molecule is C=CC(=O)OCCN(N)c1ccc([N+](=O)[O-])c2nonc12. The molecule has 21 heavy (non-hydrogen) atoms. The van der Waals surface area contributed by atoms with Gasteiger partial charge in [0.2, 0.25) is 5.52 Å². The first-order valence-corrected chi connectivity index (χ1v) is 5.75. The molecule has 110 valence electrons. The summed E-state index contributed by atoms with van der Waals surface area (Å²) in [5.41, 5.74) is 0.283. The summed E-state index contributed by atoms with van der Waals surface area (Å²) < 4.78 is 9.31. The molecule has 1 aromatic heterocycles. The van der Waals surface area contributed by atoms with E-state index in [1.54, 1.807) is 0 Å². The second-order valence-corrected chi connectivity index (χ2v) is 3.89. The molecular formula is C11H11N5O5. The number of benzene rings is 1. The van der Waals surface area contributed by atoms with Gasteiger partial charge in [-0.3, -0.25) is 10.1 Å². The molecule has 10 heteroatoms. The Kier molecular flexibility index (Phi) is 4.09. The Morgan fingerprint density at radius 1 is 1.52 bits per heavy atom. The zero-order chi connectivity index (χ0) is 15.4. The second-order valence-electron chi connectivity index (χ2n) is 3.89. The molecule has 0 radical (unpaired) electrons. The lowest BCUT2D eigenvalue weighted by atomic mass is 10.2. The van der Waals surface area contributed by atoms with Crippen molar-refractivity contribution >= 4 is 28.4 Å². The summed E-state index contributed by atoms with van der Waals surface area (Å²) in [6, 6.07) is 2.66. The molecule has 0 saturated carbocycles. The largest absolute Gasteiger partial charge is 0.461 e. The third-order valence-corrected chi connectivity index (χ3v) is 2.62. The van der Waals surface area contributed by atoms with Gasteiger partial charge in [-0.1, -0.05) is 6.58 Å². The average molecular weight is 293 g/mol. The molecule has 2 aromatic rings. The van der Waals surface area contributed by atoms with Gasteiger partial charge < -0.3 is 9.75 Å². The molecular weight excluding hydrogens is 282 g/mol. The first-order chi connectivity index (χ1) is 10.0. The number of hydrogen-bond donors (Lipinski definition) is 1. The average Bonchev–Trinajstić information content (AvgIpc) is 2.94. The van der Waals surface area contributed by atoms with E-state index in [0.29, 0.717) is 5.69 Å². The van der Waals surface area contributed by atoms with Crippen LogP contribution in [0.15, 0.2) is 29.4 Å². The molecule has 0 bridgehead atoms. The van der Waals surface area contributed by atoms with Crippen LogP contribution >= 0.6 is 0 Å². The molecule has 0 fully saturated rings. The smallest absolute Gasteiger partial charge is 0.330 e. The van der Waals surface area contributed by atoms with E-state index in [1.807, 2.05) is 0 Å². The molecule has 2 rings (SSSR count). The van der Waals surface area contributed by atoms with Gasteiger partial charge in [-0.25, -0.2) is 15.3 Å². The highest BCUT2D eigenvalue weighted by Crippen LogP contribution is 2.29. The van der Waals surface area contributed by atoms with E-state index in [0.717, 1.165) is 6.08 Å². The van der Waals surface area contributed by atoms with Crippen molar-refractivity contribution in [3.05, 3.63) is 34.9 Å². The van der Waals surface area contributed by atoms with Crippen molar-refractivity contribution in [1.82, 2.24) is 10.3 Å². The Hall–Kier alpha value is -3.01. The topological polar surface area (TPSA) is 138 Å². The minimum absolute atomic E-state index is 0.00367. The van der Waals surface area contributed by atoms with Crippen LogP contribution in [0.2, 0.25) is 0 Å². The van der Waals surface area contributed by atoms with E-state index >= 15 is 0 Å². The Bertz CT molecular complexity index is 697. The van der Waals surface area contributed by atoms with Gasteiger partial charge in [0, 0.05) is 12.1 Å². The Balaban J connectivity index is 2.20. The molecule has 2 N–H and O–H groups in total. The molecule has 0 unspecified atom stereocenters. The third-order valence-electron chi connectivity index (χ3n) is 2.62. The number of hydrazine groups is 1. The molecule has 1 heterocycles.